The first-order chi connectivity index (χ1) is 9.75. The fourth-order valence-corrected chi connectivity index (χ4v) is 3.13. The van der Waals surface area contributed by atoms with Gasteiger partial charge in [-0.05, 0) is 37.8 Å². The van der Waals surface area contributed by atoms with Gasteiger partial charge in [0.1, 0.15) is 6.54 Å². The molecule has 0 spiro atoms. The van der Waals surface area contributed by atoms with E-state index < -0.39 is 0 Å². The predicted octanol–water partition coefficient (Wildman–Crippen LogP) is 2.33. The van der Waals surface area contributed by atoms with Crippen molar-refractivity contribution in [1.82, 2.24) is 0 Å². The number of hydrogen-bond acceptors (Lipinski definition) is 2. The third-order valence-corrected chi connectivity index (χ3v) is 4.63. The Bertz CT molecular complexity index is 576. The van der Waals surface area contributed by atoms with Crippen LogP contribution in [0.1, 0.15) is 32.1 Å². The summed E-state index contributed by atoms with van der Waals surface area (Å²) in [5, 5.41) is 0. The molecule has 0 N–H and O–H groups in total. The molecule has 4 rings (SSSR count). The highest BCUT2D eigenvalue weighted by Crippen LogP contribution is 2.41. The van der Waals surface area contributed by atoms with E-state index in [2.05, 4.69) is 0 Å². The molecule has 4 nitrogen and oxygen atoms in total. The fraction of sp³-hybridized carbons (Fsp3) is 0.500. The minimum atomic E-state index is 0.0684. The largest absolute Gasteiger partial charge is 0.306 e. The second-order valence-electron chi connectivity index (χ2n) is 6.04. The van der Waals surface area contributed by atoms with E-state index in [1.807, 2.05) is 29.2 Å². The summed E-state index contributed by atoms with van der Waals surface area (Å²) in [5.74, 6) is 0.328. The first-order valence-electron chi connectivity index (χ1n) is 7.48. The Labute approximate surface area is 118 Å². The maximum atomic E-state index is 12.5. The molecule has 1 aliphatic heterocycles. The SMILES string of the molecule is O=C(C1CCC1)N1CC(=O)N(C2CC2)c2ccccc21. The van der Waals surface area contributed by atoms with Gasteiger partial charge in [-0.1, -0.05) is 18.6 Å². The summed E-state index contributed by atoms with van der Waals surface area (Å²) in [6.07, 6.45) is 5.23. The lowest BCUT2D eigenvalue weighted by molar-refractivity contribution is -0.127. The van der Waals surface area contributed by atoms with E-state index in [1.165, 1.54) is 0 Å². The Balaban J connectivity index is 1.72. The minimum Gasteiger partial charge on any atom is -0.306 e. The molecule has 1 aromatic carbocycles. The molecule has 3 aliphatic rings. The van der Waals surface area contributed by atoms with Crippen LogP contribution in [0.3, 0.4) is 0 Å². The van der Waals surface area contributed by atoms with Gasteiger partial charge >= 0.3 is 0 Å². The number of para-hydroxylation sites is 2. The molecular weight excluding hydrogens is 252 g/mol. The van der Waals surface area contributed by atoms with Crippen molar-refractivity contribution >= 4 is 23.2 Å². The highest BCUT2D eigenvalue weighted by atomic mass is 16.2. The molecule has 0 saturated heterocycles. The summed E-state index contributed by atoms with van der Waals surface area (Å²) in [4.78, 5) is 28.6. The van der Waals surface area contributed by atoms with Crippen molar-refractivity contribution in [3.05, 3.63) is 24.3 Å². The molecule has 1 heterocycles. The van der Waals surface area contributed by atoms with Gasteiger partial charge in [0.2, 0.25) is 11.8 Å². The summed E-state index contributed by atoms with van der Waals surface area (Å²) in [5.41, 5.74) is 1.83. The Morgan fingerprint density at radius 1 is 1.05 bits per heavy atom. The molecule has 0 bridgehead atoms. The summed E-state index contributed by atoms with van der Waals surface area (Å²) in [6, 6.07) is 8.17. The van der Waals surface area contributed by atoms with Crippen LogP contribution in [0.5, 0.6) is 0 Å². The molecule has 1 aromatic rings. The summed E-state index contributed by atoms with van der Waals surface area (Å²) >= 11 is 0. The number of rotatable bonds is 2. The van der Waals surface area contributed by atoms with Crippen molar-refractivity contribution < 1.29 is 9.59 Å². The maximum Gasteiger partial charge on any atom is 0.247 e. The van der Waals surface area contributed by atoms with E-state index in [1.54, 1.807) is 4.90 Å². The van der Waals surface area contributed by atoms with E-state index >= 15 is 0 Å². The lowest BCUT2D eigenvalue weighted by Crippen LogP contribution is -2.51. The van der Waals surface area contributed by atoms with E-state index in [-0.39, 0.29) is 24.3 Å². The summed E-state index contributed by atoms with van der Waals surface area (Å²) in [7, 11) is 0. The zero-order chi connectivity index (χ0) is 13.7. The van der Waals surface area contributed by atoms with Crippen molar-refractivity contribution in [2.45, 2.75) is 38.1 Å². The normalized spacial score (nSPS) is 22.5. The van der Waals surface area contributed by atoms with E-state index in [0.29, 0.717) is 6.04 Å². The van der Waals surface area contributed by atoms with Crippen LogP contribution in [0.2, 0.25) is 0 Å². The average molecular weight is 270 g/mol. The quantitative estimate of drug-likeness (QED) is 0.827. The molecule has 0 atom stereocenters. The highest BCUT2D eigenvalue weighted by Gasteiger charge is 2.42. The van der Waals surface area contributed by atoms with Crippen LogP contribution in [0.15, 0.2) is 24.3 Å². The standard InChI is InChI=1S/C16H18N2O2/c19-15-10-17(16(20)11-4-3-5-11)13-6-1-2-7-14(13)18(15)12-8-9-12/h1-2,6-7,11-12H,3-5,8-10H2. The molecular formula is C16H18N2O2. The summed E-state index contributed by atoms with van der Waals surface area (Å²) in [6.45, 7) is 0.211. The van der Waals surface area contributed by atoms with Crippen molar-refractivity contribution in [2.75, 3.05) is 16.3 Å². The topological polar surface area (TPSA) is 40.6 Å². The predicted molar refractivity (Wildman–Crippen MR) is 76.6 cm³/mol. The van der Waals surface area contributed by atoms with Crippen molar-refractivity contribution in [1.29, 1.82) is 0 Å². The second kappa shape index (κ2) is 4.33. The lowest BCUT2D eigenvalue weighted by atomic mass is 9.84. The number of carbonyl (C=O) groups excluding carboxylic acids is 2. The smallest absolute Gasteiger partial charge is 0.247 e. The van der Waals surface area contributed by atoms with Gasteiger partial charge in [-0.3, -0.25) is 9.59 Å². The Morgan fingerprint density at radius 2 is 1.75 bits per heavy atom. The average Bonchev–Trinajstić information content (AvgIpc) is 3.20. The molecule has 20 heavy (non-hydrogen) atoms. The molecule has 2 aliphatic carbocycles. The lowest BCUT2D eigenvalue weighted by Gasteiger charge is -2.39. The molecule has 0 aromatic heterocycles. The molecule has 104 valence electrons. The van der Waals surface area contributed by atoms with Gasteiger partial charge in [-0.15, -0.1) is 0 Å². The number of fused-ring (bicyclic) bond motifs is 1. The molecule has 4 heteroatoms. The molecule has 2 amide bonds. The highest BCUT2D eigenvalue weighted by molar-refractivity contribution is 6.12. The van der Waals surface area contributed by atoms with Crippen LogP contribution < -0.4 is 9.80 Å². The van der Waals surface area contributed by atoms with Crippen molar-refractivity contribution in [3.8, 4) is 0 Å². The van der Waals surface area contributed by atoms with E-state index in [4.69, 9.17) is 0 Å². The minimum absolute atomic E-state index is 0.0684. The summed E-state index contributed by atoms with van der Waals surface area (Å²) < 4.78 is 0. The zero-order valence-electron chi connectivity index (χ0n) is 11.4. The number of carbonyl (C=O) groups is 2. The number of anilines is 2. The van der Waals surface area contributed by atoms with Crippen LogP contribution in [0.4, 0.5) is 11.4 Å². The number of amides is 2. The van der Waals surface area contributed by atoms with Gasteiger partial charge in [0.15, 0.2) is 0 Å². The Morgan fingerprint density at radius 3 is 2.35 bits per heavy atom. The Kier molecular flexibility index (Phi) is 2.59. The monoisotopic (exact) mass is 270 g/mol. The van der Waals surface area contributed by atoms with E-state index in [9.17, 15) is 9.59 Å². The van der Waals surface area contributed by atoms with Gasteiger partial charge in [0.25, 0.3) is 0 Å². The molecule has 2 fully saturated rings. The van der Waals surface area contributed by atoms with Gasteiger partial charge in [0, 0.05) is 12.0 Å². The van der Waals surface area contributed by atoms with Crippen LogP contribution in [-0.4, -0.2) is 24.4 Å². The van der Waals surface area contributed by atoms with E-state index in [0.717, 1.165) is 43.5 Å². The third-order valence-electron chi connectivity index (χ3n) is 4.63. The Hall–Kier alpha value is -1.84. The van der Waals surface area contributed by atoms with Gasteiger partial charge in [0.05, 0.1) is 11.4 Å². The first-order valence-corrected chi connectivity index (χ1v) is 7.48. The zero-order valence-corrected chi connectivity index (χ0v) is 11.4. The first kappa shape index (κ1) is 11.9. The van der Waals surface area contributed by atoms with Gasteiger partial charge in [-0.2, -0.15) is 0 Å². The molecule has 2 saturated carbocycles. The van der Waals surface area contributed by atoms with Gasteiger partial charge < -0.3 is 9.80 Å². The van der Waals surface area contributed by atoms with Crippen molar-refractivity contribution in [3.63, 3.8) is 0 Å². The van der Waals surface area contributed by atoms with Crippen LogP contribution in [0, 0.1) is 5.92 Å². The molecule has 0 unspecified atom stereocenters. The van der Waals surface area contributed by atoms with Crippen LogP contribution in [-0.2, 0) is 9.59 Å². The fourth-order valence-electron chi connectivity index (χ4n) is 3.13. The third kappa shape index (κ3) is 1.74. The van der Waals surface area contributed by atoms with Crippen LogP contribution in [0.25, 0.3) is 0 Å². The number of benzene rings is 1. The second-order valence-corrected chi connectivity index (χ2v) is 6.04. The number of nitrogens with zero attached hydrogens (tertiary/aromatic N) is 2. The number of hydrogen-bond donors (Lipinski definition) is 0. The maximum absolute atomic E-state index is 12.5. The van der Waals surface area contributed by atoms with Gasteiger partial charge in [-0.25, -0.2) is 0 Å². The van der Waals surface area contributed by atoms with Crippen molar-refractivity contribution in [2.24, 2.45) is 5.92 Å². The van der Waals surface area contributed by atoms with Crippen LogP contribution >= 0.6 is 0 Å². The molecule has 0 radical (unpaired) electrons.